The normalized spacial score (nSPS) is 17.4. The predicted molar refractivity (Wildman–Crippen MR) is 94.1 cm³/mol. The summed E-state index contributed by atoms with van der Waals surface area (Å²) in [6.45, 7) is 4.57. The van der Waals surface area contributed by atoms with Gasteiger partial charge < -0.3 is 10.1 Å². The number of hydrogen-bond donors (Lipinski definition) is 1. The molecule has 2 aromatic carbocycles. The van der Waals surface area contributed by atoms with Crippen LogP contribution >= 0.6 is 0 Å². The van der Waals surface area contributed by atoms with E-state index in [9.17, 15) is 0 Å². The van der Waals surface area contributed by atoms with Gasteiger partial charge in [-0.1, -0.05) is 24.3 Å². The number of rotatable bonds is 5. The van der Waals surface area contributed by atoms with E-state index < -0.39 is 0 Å². The highest BCUT2D eigenvalue weighted by Gasteiger charge is 2.28. The van der Waals surface area contributed by atoms with Crippen molar-refractivity contribution >= 4 is 5.69 Å². The number of nitrogens with one attached hydrogen (secondary N) is 1. The van der Waals surface area contributed by atoms with Crippen molar-refractivity contribution in [1.29, 1.82) is 0 Å². The number of likely N-dealkylation sites (tertiary alicyclic amines) is 1. The fraction of sp³-hybridized carbons (Fsp3) is 0.400. The summed E-state index contributed by atoms with van der Waals surface area (Å²) in [5.41, 5.74) is 5.84. The molecule has 2 aromatic rings. The Kier molecular flexibility index (Phi) is 3.96. The molecule has 2 aliphatic rings. The van der Waals surface area contributed by atoms with Gasteiger partial charge in [0, 0.05) is 31.9 Å². The van der Waals surface area contributed by atoms with Gasteiger partial charge in [-0.05, 0) is 53.6 Å². The zero-order valence-electron chi connectivity index (χ0n) is 13.7. The maximum absolute atomic E-state index is 5.22. The Morgan fingerprint density at radius 3 is 2.74 bits per heavy atom. The van der Waals surface area contributed by atoms with Gasteiger partial charge in [-0.25, -0.2) is 0 Å². The van der Waals surface area contributed by atoms with Crippen molar-refractivity contribution in [1.82, 2.24) is 4.90 Å². The first-order valence-corrected chi connectivity index (χ1v) is 8.52. The van der Waals surface area contributed by atoms with Crippen LogP contribution < -0.4 is 10.1 Å². The van der Waals surface area contributed by atoms with E-state index in [2.05, 4.69) is 40.5 Å². The quantitative estimate of drug-likeness (QED) is 0.917. The van der Waals surface area contributed by atoms with E-state index in [-0.39, 0.29) is 0 Å². The zero-order valence-corrected chi connectivity index (χ0v) is 13.7. The van der Waals surface area contributed by atoms with Gasteiger partial charge in [0.25, 0.3) is 0 Å². The van der Waals surface area contributed by atoms with Gasteiger partial charge >= 0.3 is 0 Å². The van der Waals surface area contributed by atoms with Crippen LogP contribution in [0.2, 0.25) is 0 Å². The van der Waals surface area contributed by atoms with Crippen LogP contribution in [0.15, 0.2) is 42.5 Å². The maximum atomic E-state index is 5.22. The van der Waals surface area contributed by atoms with Gasteiger partial charge in [-0.15, -0.1) is 0 Å². The lowest BCUT2D eigenvalue weighted by molar-refractivity contribution is 0.0925. The number of fused-ring (bicyclic) bond motifs is 1. The van der Waals surface area contributed by atoms with Gasteiger partial charge in [0.2, 0.25) is 0 Å². The maximum Gasteiger partial charge on any atom is 0.118 e. The summed E-state index contributed by atoms with van der Waals surface area (Å²) >= 11 is 0. The fourth-order valence-electron chi connectivity index (χ4n) is 3.84. The first kappa shape index (κ1) is 14.6. The molecule has 4 rings (SSSR count). The lowest BCUT2D eigenvalue weighted by Gasteiger charge is -2.39. The smallest absolute Gasteiger partial charge is 0.118 e. The number of benzene rings is 2. The zero-order chi connectivity index (χ0) is 15.6. The molecule has 2 aliphatic heterocycles. The van der Waals surface area contributed by atoms with E-state index in [1.54, 1.807) is 18.2 Å². The van der Waals surface area contributed by atoms with Crippen molar-refractivity contribution in [3.63, 3.8) is 0 Å². The topological polar surface area (TPSA) is 24.5 Å². The molecule has 1 saturated heterocycles. The third-order valence-electron chi connectivity index (χ3n) is 5.07. The second-order valence-electron chi connectivity index (χ2n) is 6.73. The van der Waals surface area contributed by atoms with Gasteiger partial charge in [-0.2, -0.15) is 0 Å². The molecule has 0 unspecified atom stereocenters. The minimum Gasteiger partial charge on any atom is -0.497 e. The summed E-state index contributed by atoms with van der Waals surface area (Å²) in [4.78, 5) is 2.54. The van der Waals surface area contributed by atoms with Gasteiger partial charge in [-0.3, -0.25) is 4.90 Å². The predicted octanol–water partition coefficient (Wildman–Crippen LogP) is 3.34. The highest BCUT2D eigenvalue weighted by Crippen LogP contribution is 2.30. The first-order valence-electron chi connectivity index (χ1n) is 8.52. The van der Waals surface area contributed by atoms with Crippen LogP contribution in [-0.2, 0) is 19.4 Å². The average Bonchev–Trinajstić information content (AvgIpc) is 3.03. The third kappa shape index (κ3) is 3.06. The van der Waals surface area contributed by atoms with Crippen molar-refractivity contribution in [2.75, 3.05) is 32.1 Å². The number of methoxy groups -OCH3 is 1. The molecule has 0 spiro atoms. The van der Waals surface area contributed by atoms with Crippen molar-refractivity contribution in [2.45, 2.75) is 19.4 Å². The largest absolute Gasteiger partial charge is 0.497 e. The molecule has 0 atom stereocenters. The molecule has 3 heteroatoms. The Hall–Kier alpha value is -2.00. The van der Waals surface area contributed by atoms with Crippen LogP contribution in [-0.4, -0.2) is 31.6 Å². The molecule has 1 N–H and O–H groups in total. The van der Waals surface area contributed by atoms with E-state index in [0.717, 1.165) is 24.8 Å². The summed E-state index contributed by atoms with van der Waals surface area (Å²) in [6.07, 6.45) is 2.41. The molecule has 1 fully saturated rings. The molecule has 0 saturated carbocycles. The number of nitrogens with zero attached hydrogens (tertiary/aromatic N) is 1. The van der Waals surface area contributed by atoms with Crippen LogP contribution in [0.1, 0.15) is 16.7 Å². The van der Waals surface area contributed by atoms with Crippen molar-refractivity contribution in [3.05, 3.63) is 59.2 Å². The summed E-state index contributed by atoms with van der Waals surface area (Å²) in [5, 5.41) is 3.48. The molecule has 3 nitrogen and oxygen atoms in total. The Morgan fingerprint density at radius 1 is 1.13 bits per heavy atom. The van der Waals surface area contributed by atoms with E-state index in [4.69, 9.17) is 4.74 Å². The minimum absolute atomic E-state index is 0.806. The van der Waals surface area contributed by atoms with E-state index in [1.165, 1.54) is 37.2 Å². The van der Waals surface area contributed by atoms with E-state index in [0.29, 0.717) is 0 Å². The van der Waals surface area contributed by atoms with E-state index in [1.807, 2.05) is 12.1 Å². The van der Waals surface area contributed by atoms with Crippen LogP contribution in [0.5, 0.6) is 5.75 Å². The average molecular weight is 308 g/mol. The summed E-state index contributed by atoms with van der Waals surface area (Å²) < 4.78 is 5.22. The van der Waals surface area contributed by atoms with Crippen LogP contribution in [0, 0.1) is 5.92 Å². The molecule has 0 radical (unpaired) electrons. The molecule has 0 bridgehead atoms. The van der Waals surface area contributed by atoms with Crippen molar-refractivity contribution < 1.29 is 4.74 Å². The highest BCUT2D eigenvalue weighted by molar-refractivity contribution is 5.58. The van der Waals surface area contributed by atoms with Gasteiger partial charge in [0.15, 0.2) is 0 Å². The fourth-order valence-corrected chi connectivity index (χ4v) is 3.84. The lowest BCUT2D eigenvalue weighted by Crippen LogP contribution is -2.46. The molecule has 0 aliphatic carbocycles. The Bertz CT molecular complexity index is 675. The summed E-state index contributed by atoms with van der Waals surface area (Å²) in [7, 11) is 1.71. The van der Waals surface area contributed by atoms with Gasteiger partial charge in [0.05, 0.1) is 7.11 Å². The molecular weight excluding hydrogens is 284 g/mol. The third-order valence-corrected chi connectivity index (χ3v) is 5.07. The van der Waals surface area contributed by atoms with Crippen LogP contribution in [0.4, 0.5) is 5.69 Å². The number of anilines is 1. The molecule has 0 amide bonds. The van der Waals surface area contributed by atoms with Crippen LogP contribution in [0.25, 0.3) is 0 Å². The monoisotopic (exact) mass is 308 g/mol. The Balaban J connectivity index is 1.31. The lowest BCUT2D eigenvalue weighted by atomic mass is 9.89. The van der Waals surface area contributed by atoms with Gasteiger partial charge in [0.1, 0.15) is 5.75 Å². The second kappa shape index (κ2) is 6.25. The Morgan fingerprint density at radius 2 is 1.96 bits per heavy atom. The standard InChI is InChI=1S/C20H24N2O/c1-23-18-7-5-15(6-8-18)12-22-13-16(14-22)11-17-3-2-4-20-19(17)9-10-21-20/h2-8,16,21H,9-14H2,1H3. The van der Waals surface area contributed by atoms with E-state index >= 15 is 0 Å². The van der Waals surface area contributed by atoms with Crippen LogP contribution in [0.3, 0.4) is 0 Å². The van der Waals surface area contributed by atoms with Crippen molar-refractivity contribution in [2.24, 2.45) is 5.92 Å². The molecular formula is C20H24N2O. The minimum atomic E-state index is 0.806. The summed E-state index contributed by atoms with van der Waals surface area (Å²) in [5.74, 6) is 1.74. The number of ether oxygens (including phenoxy) is 1. The molecule has 23 heavy (non-hydrogen) atoms. The Labute approximate surface area is 138 Å². The van der Waals surface area contributed by atoms with Crippen molar-refractivity contribution in [3.8, 4) is 5.75 Å². The SMILES string of the molecule is COc1ccc(CN2CC(Cc3cccc4c3CCN4)C2)cc1. The highest BCUT2D eigenvalue weighted by atomic mass is 16.5. The summed E-state index contributed by atoms with van der Waals surface area (Å²) in [6, 6.07) is 15.2. The first-order chi connectivity index (χ1) is 11.3. The molecule has 0 aromatic heterocycles. The molecule has 2 heterocycles. The second-order valence-corrected chi connectivity index (χ2v) is 6.73. The number of hydrogen-bond acceptors (Lipinski definition) is 3. The molecule has 120 valence electrons.